The highest BCUT2D eigenvalue weighted by Gasteiger charge is 2.40. The van der Waals surface area contributed by atoms with Crippen LogP contribution in [0.2, 0.25) is 0 Å². The number of carbonyl (C=O) groups is 1. The number of benzene rings is 1. The predicted molar refractivity (Wildman–Crippen MR) is 212 cm³/mol. The van der Waals surface area contributed by atoms with Gasteiger partial charge in [0.25, 0.3) is 5.91 Å². The van der Waals surface area contributed by atoms with Crippen LogP contribution in [0, 0.1) is 34.4 Å². The van der Waals surface area contributed by atoms with Crippen molar-refractivity contribution in [1.29, 1.82) is 0 Å². The molecule has 2 aromatic rings. The van der Waals surface area contributed by atoms with Crippen LogP contribution in [0.25, 0.3) is 0 Å². The molecule has 1 N–H and O–H groups in total. The molecule has 4 atom stereocenters. The van der Waals surface area contributed by atoms with Crippen LogP contribution < -0.4 is 15.1 Å². The average molecular weight is 777 g/mol. The molecule has 2 saturated carbocycles. The van der Waals surface area contributed by atoms with Crippen LogP contribution in [-0.4, -0.2) is 97.9 Å². The van der Waals surface area contributed by atoms with E-state index >= 15 is 0 Å². The van der Waals surface area contributed by atoms with E-state index in [0.717, 1.165) is 62.8 Å². The number of alkyl halides is 3. The van der Waals surface area contributed by atoms with Gasteiger partial charge in [0.1, 0.15) is 18.1 Å². The quantitative estimate of drug-likeness (QED) is 0.182. The Morgan fingerprint density at radius 3 is 1.75 bits per heavy atom. The summed E-state index contributed by atoms with van der Waals surface area (Å²) < 4.78 is 64.4. The average Bonchev–Trinajstić information content (AvgIpc) is 3.90. The van der Waals surface area contributed by atoms with Gasteiger partial charge in [0.05, 0.1) is 5.69 Å². The summed E-state index contributed by atoms with van der Waals surface area (Å²) in [6.45, 7) is 20.1. The molecule has 12 heteroatoms. The van der Waals surface area contributed by atoms with Crippen molar-refractivity contribution >= 4 is 17.3 Å². The van der Waals surface area contributed by atoms with Gasteiger partial charge in [-0.15, -0.1) is 0 Å². The van der Waals surface area contributed by atoms with E-state index < -0.39 is 24.6 Å². The van der Waals surface area contributed by atoms with Gasteiger partial charge >= 0.3 is 6.18 Å². The largest absolute Gasteiger partial charge is 0.405 e. The summed E-state index contributed by atoms with van der Waals surface area (Å²) in [5.41, 5.74) is 1.97. The topological polar surface area (TPSA) is 55.0 Å². The first kappa shape index (κ1) is 43.1. The fraction of sp³-hybridized carbons (Fsp3) is 0.721. The first-order valence-electron chi connectivity index (χ1n) is 20.8. The smallest absolute Gasteiger partial charge is 0.369 e. The fourth-order valence-corrected chi connectivity index (χ4v) is 9.42. The Labute approximate surface area is 326 Å². The number of hydrogen-bond donors (Lipinski definition) is 1. The zero-order valence-electron chi connectivity index (χ0n) is 34.0. The van der Waals surface area contributed by atoms with Gasteiger partial charge in [0, 0.05) is 70.1 Å². The highest BCUT2D eigenvalue weighted by molar-refractivity contribution is 5.92. The molecule has 3 heterocycles. The van der Waals surface area contributed by atoms with Crippen molar-refractivity contribution in [2.45, 2.75) is 118 Å². The number of aromatic nitrogens is 1. The lowest BCUT2D eigenvalue weighted by Crippen LogP contribution is -2.50. The minimum Gasteiger partial charge on any atom is -0.369 e. The van der Waals surface area contributed by atoms with Crippen LogP contribution in [0.3, 0.4) is 0 Å². The lowest BCUT2D eigenvalue weighted by Gasteiger charge is -2.40. The zero-order valence-corrected chi connectivity index (χ0v) is 34.0. The van der Waals surface area contributed by atoms with Crippen LogP contribution in [0.5, 0.6) is 0 Å². The Bertz CT molecular complexity index is 1520. The van der Waals surface area contributed by atoms with E-state index in [2.05, 4.69) is 61.2 Å². The Balaban J connectivity index is 0.000000222. The molecule has 55 heavy (non-hydrogen) atoms. The molecule has 308 valence electrons. The summed E-state index contributed by atoms with van der Waals surface area (Å²) in [5.74, 6) is -0.394. The van der Waals surface area contributed by atoms with E-state index in [1.165, 1.54) is 69.9 Å². The second-order valence-electron chi connectivity index (χ2n) is 17.4. The third-order valence-electron chi connectivity index (χ3n) is 14.1. The molecular formula is C43H65F5N6O. The van der Waals surface area contributed by atoms with E-state index in [1.807, 2.05) is 17.0 Å². The van der Waals surface area contributed by atoms with Gasteiger partial charge in [0.15, 0.2) is 0 Å². The summed E-state index contributed by atoms with van der Waals surface area (Å²) in [6.07, 6.45) is 6.97. The monoisotopic (exact) mass is 777 g/mol. The Kier molecular flexibility index (Phi) is 14.5. The van der Waals surface area contributed by atoms with Crippen molar-refractivity contribution in [2.75, 3.05) is 68.7 Å². The van der Waals surface area contributed by atoms with Gasteiger partial charge in [-0.1, -0.05) is 60.8 Å². The number of halogens is 5. The highest BCUT2D eigenvalue weighted by Crippen LogP contribution is 2.46. The van der Waals surface area contributed by atoms with Crippen LogP contribution in [0.1, 0.15) is 110 Å². The van der Waals surface area contributed by atoms with Gasteiger partial charge in [-0.05, 0) is 97.6 Å². The maximum absolute atomic E-state index is 14.6. The van der Waals surface area contributed by atoms with Crippen molar-refractivity contribution in [1.82, 2.24) is 20.1 Å². The number of rotatable bonds is 11. The molecule has 2 aliphatic carbocycles. The summed E-state index contributed by atoms with van der Waals surface area (Å²) in [6, 6.07) is 11.0. The molecule has 2 aliphatic heterocycles. The van der Waals surface area contributed by atoms with Crippen molar-refractivity contribution in [3.63, 3.8) is 0 Å². The van der Waals surface area contributed by atoms with Gasteiger partial charge in [0.2, 0.25) is 5.95 Å². The maximum atomic E-state index is 14.6. The normalized spacial score (nSPS) is 24.5. The summed E-state index contributed by atoms with van der Waals surface area (Å²) in [7, 11) is 0. The molecule has 0 bridgehead atoms. The molecule has 1 aromatic heterocycles. The van der Waals surface area contributed by atoms with Gasteiger partial charge in [-0.2, -0.15) is 17.6 Å². The summed E-state index contributed by atoms with van der Waals surface area (Å²) in [5, 5.41) is 1.71. The maximum Gasteiger partial charge on any atom is 0.405 e. The van der Waals surface area contributed by atoms with E-state index in [4.69, 9.17) is 0 Å². The third-order valence-corrected chi connectivity index (χ3v) is 14.1. The molecule has 1 amide bonds. The van der Waals surface area contributed by atoms with E-state index in [1.54, 1.807) is 17.4 Å². The number of nitrogens with one attached hydrogen (secondary N) is 1. The number of anilines is 2. The first-order valence-corrected chi connectivity index (χ1v) is 20.8. The van der Waals surface area contributed by atoms with Gasteiger partial charge in [-0.3, -0.25) is 14.6 Å². The molecule has 7 nitrogen and oxygen atoms in total. The standard InChI is InChI=1S/C23H34F4N4O.C20H31FN2/c1-4-22(3,5-2)16-6-7-17(14-16)30-10-12-31(13-11-30)19-9-8-18(29-20(19)24)21(32)28-15-23(25,26)27;1-4-20(2,3)16-5-8-19(15-16)23-13-11-22(12-14-23)18-9-6-17(21)7-10-18/h8-9,16-17H,4-7,10-15H2,1-3H3,(H,28,32);6-7,9-10,16,19H,4-5,8,11-15H2,1-3H3/t16?,17-;16?,19-/m11/s1. The number of hydrogen-bond acceptors (Lipinski definition) is 6. The highest BCUT2D eigenvalue weighted by atomic mass is 19.4. The second-order valence-corrected chi connectivity index (χ2v) is 17.4. The van der Waals surface area contributed by atoms with Crippen molar-refractivity contribution in [3.8, 4) is 0 Å². The van der Waals surface area contributed by atoms with Gasteiger partial charge < -0.3 is 15.1 Å². The van der Waals surface area contributed by atoms with Crippen LogP contribution >= 0.6 is 0 Å². The Morgan fingerprint density at radius 2 is 1.24 bits per heavy atom. The lowest BCUT2D eigenvalue weighted by atomic mass is 9.72. The predicted octanol–water partition coefficient (Wildman–Crippen LogP) is 9.18. The second kappa shape index (κ2) is 18.5. The molecule has 2 saturated heterocycles. The summed E-state index contributed by atoms with van der Waals surface area (Å²) >= 11 is 0. The number of piperazine rings is 2. The molecule has 6 rings (SSSR count). The van der Waals surface area contributed by atoms with Crippen molar-refractivity contribution in [2.24, 2.45) is 22.7 Å². The molecule has 1 aromatic carbocycles. The Morgan fingerprint density at radius 1 is 0.709 bits per heavy atom. The molecule has 4 fully saturated rings. The zero-order chi connectivity index (χ0) is 40.0. The molecule has 0 radical (unpaired) electrons. The van der Waals surface area contributed by atoms with Crippen molar-refractivity contribution < 1.29 is 26.7 Å². The lowest BCUT2D eigenvalue weighted by molar-refractivity contribution is -0.123. The molecular weight excluding hydrogens is 712 g/mol. The van der Waals surface area contributed by atoms with E-state index in [0.29, 0.717) is 30.0 Å². The molecule has 0 spiro atoms. The third kappa shape index (κ3) is 11.1. The summed E-state index contributed by atoms with van der Waals surface area (Å²) in [4.78, 5) is 24.9. The number of amides is 1. The molecule has 4 aliphatic rings. The first-order chi connectivity index (χ1) is 26.1. The van der Waals surface area contributed by atoms with E-state index in [-0.39, 0.29) is 17.2 Å². The number of pyridine rings is 1. The SMILES string of the molecule is CCC(C)(C)C1CC[C@@H](N2CCN(c3ccc(F)cc3)CC2)C1.CCC(C)(CC)C1CC[C@@H](N2CCN(c3ccc(C(=O)NCC(F)(F)F)nc3F)CC2)C1. The molecule has 2 unspecified atom stereocenters. The fourth-order valence-electron chi connectivity index (χ4n) is 9.42. The van der Waals surface area contributed by atoms with Crippen LogP contribution in [0.4, 0.5) is 33.3 Å². The van der Waals surface area contributed by atoms with Crippen molar-refractivity contribution in [3.05, 3.63) is 53.9 Å². The van der Waals surface area contributed by atoms with Gasteiger partial charge in [-0.25, -0.2) is 9.37 Å². The number of nitrogens with zero attached hydrogens (tertiary/aromatic N) is 5. The minimum atomic E-state index is -4.53. The minimum absolute atomic E-state index is 0.150. The van der Waals surface area contributed by atoms with Crippen LogP contribution in [-0.2, 0) is 0 Å². The van der Waals surface area contributed by atoms with Crippen LogP contribution in [0.15, 0.2) is 36.4 Å². The Hall–Kier alpha value is -2.99. The van der Waals surface area contributed by atoms with E-state index in [9.17, 15) is 26.7 Å². The number of carbonyl (C=O) groups excluding carboxylic acids is 1.